The lowest BCUT2D eigenvalue weighted by atomic mass is 9.98. The summed E-state index contributed by atoms with van der Waals surface area (Å²) in [5.74, 6) is -0.466. The molecule has 1 unspecified atom stereocenters. The van der Waals surface area contributed by atoms with E-state index in [0.29, 0.717) is 5.92 Å². The van der Waals surface area contributed by atoms with Crippen molar-refractivity contribution in [2.24, 2.45) is 0 Å². The Kier molecular flexibility index (Phi) is 6.87. The van der Waals surface area contributed by atoms with Crippen LogP contribution < -0.4 is 0 Å². The third kappa shape index (κ3) is 5.61. The molecule has 0 aliphatic heterocycles. The van der Waals surface area contributed by atoms with Gasteiger partial charge < -0.3 is 4.74 Å². The minimum absolute atomic E-state index is 0.0254. The molecule has 1 aromatic rings. The van der Waals surface area contributed by atoms with Gasteiger partial charge in [0.1, 0.15) is 0 Å². The predicted octanol–water partition coefficient (Wildman–Crippen LogP) is 4.04. The van der Waals surface area contributed by atoms with Crippen LogP contribution in [0.4, 0.5) is 13.2 Å². The van der Waals surface area contributed by atoms with E-state index in [0.717, 1.165) is 12.0 Å². The smallest absolute Gasteiger partial charge is 0.377 e. The van der Waals surface area contributed by atoms with Crippen LogP contribution in [0.3, 0.4) is 0 Å². The maximum absolute atomic E-state index is 12.1. The molecule has 0 amide bonds. The minimum atomic E-state index is -5.18. The zero-order chi connectivity index (χ0) is 16.8. The predicted molar refractivity (Wildman–Crippen MR) is 79.3 cm³/mol. The summed E-state index contributed by atoms with van der Waals surface area (Å²) in [5.41, 5.74) is -3.05. The van der Waals surface area contributed by atoms with Crippen molar-refractivity contribution in [2.75, 3.05) is 12.4 Å². The maximum Gasteiger partial charge on any atom is 0.497 e. The van der Waals surface area contributed by atoms with Gasteiger partial charge in [0.2, 0.25) is 9.84 Å². The molecule has 0 aliphatic carbocycles. The molecule has 1 atom stereocenters. The van der Waals surface area contributed by atoms with Crippen molar-refractivity contribution in [1.82, 2.24) is 0 Å². The van der Waals surface area contributed by atoms with Crippen LogP contribution in [0.2, 0.25) is 0 Å². The summed E-state index contributed by atoms with van der Waals surface area (Å²) in [7, 11) is -5.04. The second kappa shape index (κ2) is 7.97. The van der Waals surface area contributed by atoms with Crippen molar-refractivity contribution in [3.8, 4) is 0 Å². The molecule has 0 bridgehead atoms. The molecular weight excluding hydrogens is 317 g/mol. The van der Waals surface area contributed by atoms with Crippen LogP contribution >= 0.6 is 0 Å². The number of alkyl halides is 3. The fourth-order valence-electron chi connectivity index (χ4n) is 1.83. The number of sulfone groups is 1. The standard InChI is InChI=1S/C15H21F3O3S/c1-3-12(2)14-7-5-13(6-8-14)11-21-9-4-10-22(19,20)15(16,17)18/h5-8,12H,3-4,9-11H2,1-2H3. The Bertz CT molecular complexity index is 550. The van der Waals surface area contributed by atoms with Gasteiger partial charge in [0.25, 0.3) is 0 Å². The average Bonchev–Trinajstić information content (AvgIpc) is 2.45. The monoisotopic (exact) mass is 338 g/mol. The van der Waals surface area contributed by atoms with Gasteiger partial charge >= 0.3 is 5.51 Å². The van der Waals surface area contributed by atoms with Crippen LogP contribution in [-0.2, 0) is 21.2 Å². The van der Waals surface area contributed by atoms with E-state index in [4.69, 9.17) is 4.74 Å². The van der Waals surface area contributed by atoms with E-state index in [1.165, 1.54) is 5.56 Å². The molecule has 0 spiro atoms. The number of benzene rings is 1. The number of ether oxygens (including phenoxy) is 1. The van der Waals surface area contributed by atoms with E-state index in [1.54, 1.807) is 0 Å². The highest BCUT2D eigenvalue weighted by Crippen LogP contribution is 2.24. The molecule has 0 saturated heterocycles. The third-order valence-corrected chi connectivity index (χ3v) is 5.02. The number of hydrogen-bond acceptors (Lipinski definition) is 3. The van der Waals surface area contributed by atoms with E-state index in [2.05, 4.69) is 13.8 Å². The first kappa shape index (κ1) is 19.0. The lowest BCUT2D eigenvalue weighted by Crippen LogP contribution is -2.26. The Balaban J connectivity index is 2.34. The van der Waals surface area contributed by atoms with Gasteiger partial charge in [0, 0.05) is 6.61 Å². The van der Waals surface area contributed by atoms with Crippen LogP contribution in [0.15, 0.2) is 24.3 Å². The molecule has 1 aromatic carbocycles. The van der Waals surface area contributed by atoms with Crippen LogP contribution in [0.5, 0.6) is 0 Å². The molecule has 7 heteroatoms. The Hall–Kier alpha value is -1.08. The van der Waals surface area contributed by atoms with Crippen LogP contribution in [-0.4, -0.2) is 26.3 Å². The highest BCUT2D eigenvalue weighted by Gasteiger charge is 2.44. The molecule has 0 radical (unpaired) electrons. The zero-order valence-electron chi connectivity index (χ0n) is 12.7. The van der Waals surface area contributed by atoms with E-state index >= 15 is 0 Å². The van der Waals surface area contributed by atoms with Crippen molar-refractivity contribution in [2.45, 2.75) is 44.7 Å². The first-order valence-electron chi connectivity index (χ1n) is 7.13. The van der Waals surface area contributed by atoms with Gasteiger partial charge in [-0.1, -0.05) is 38.1 Å². The molecule has 0 aliphatic rings. The van der Waals surface area contributed by atoms with Crippen molar-refractivity contribution in [1.29, 1.82) is 0 Å². The molecule has 0 heterocycles. The van der Waals surface area contributed by atoms with Crippen molar-refractivity contribution < 1.29 is 26.3 Å². The molecule has 0 N–H and O–H groups in total. The summed E-state index contributed by atoms with van der Waals surface area (Å²) in [6.07, 6.45) is 0.871. The Labute approximate surface area is 129 Å². The number of hydrogen-bond donors (Lipinski definition) is 0. The van der Waals surface area contributed by atoms with Crippen molar-refractivity contribution >= 4 is 9.84 Å². The second-order valence-electron chi connectivity index (χ2n) is 5.22. The van der Waals surface area contributed by atoms with Crippen molar-refractivity contribution in [3.63, 3.8) is 0 Å². The van der Waals surface area contributed by atoms with Crippen LogP contribution in [0.25, 0.3) is 0 Å². The summed E-state index contributed by atoms with van der Waals surface area (Å²) >= 11 is 0. The number of halogens is 3. The fraction of sp³-hybridized carbons (Fsp3) is 0.600. The lowest BCUT2D eigenvalue weighted by molar-refractivity contribution is -0.0436. The normalized spacial score (nSPS) is 14.0. The first-order chi connectivity index (χ1) is 10.2. The fourth-order valence-corrected chi connectivity index (χ4v) is 2.56. The third-order valence-electron chi connectivity index (χ3n) is 3.48. The molecule has 1 rings (SSSR count). The summed E-state index contributed by atoms with van der Waals surface area (Å²) in [6, 6.07) is 7.82. The first-order valence-corrected chi connectivity index (χ1v) is 8.78. The zero-order valence-corrected chi connectivity index (χ0v) is 13.5. The molecule has 126 valence electrons. The topological polar surface area (TPSA) is 43.4 Å². The van der Waals surface area contributed by atoms with E-state index in [1.807, 2.05) is 24.3 Å². The Morgan fingerprint density at radius 2 is 1.77 bits per heavy atom. The molecule has 0 saturated carbocycles. The number of rotatable bonds is 8. The largest absolute Gasteiger partial charge is 0.497 e. The summed E-state index contributed by atoms with van der Waals surface area (Å²) < 4.78 is 63.2. The Morgan fingerprint density at radius 3 is 2.27 bits per heavy atom. The second-order valence-corrected chi connectivity index (χ2v) is 7.32. The highest BCUT2D eigenvalue weighted by molar-refractivity contribution is 7.92. The molecule has 3 nitrogen and oxygen atoms in total. The Morgan fingerprint density at radius 1 is 1.18 bits per heavy atom. The highest BCUT2D eigenvalue weighted by atomic mass is 32.2. The quantitative estimate of drug-likeness (QED) is 0.672. The van der Waals surface area contributed by atoms with Gasteiger partial charge in [-0.05, 0) is 29.9 Å². The van der Waals surface area contributed by atoms with Gasteiger partial charge in [0.05, 0.1) is 12.4 Å². The van der Waals surface area contributed by atoms with Gasteiger partial charge in [-0.3, -0.25) is 0 Å². The summed E-state index contributed by atoms with van der Waals surface area (Å²) in [5, 5.41) is 0. The van der Waals surface area contributed by atoms with E-state index < -0.39 is 21.1 Å². The molecular formula is C15H21F3O3S. The summed E-state index contributed by atoms with van der Waals surface area (Å²) in [6.45, 7) is 4.47. The lowest BCUT2D eigenvalue weighted by Gasteiger charge is -2.10. The van der Waals surface area contributed by atoms with E-state index in [-0.39, 0.29) is 19.6 Å². The van der Waals surface area contributed by atoms with Crippen LogP contribution in [0.1, 0.15) is 43.7 Å². The summed E-state index contributed by atoms with van der Waals surface area (Å²) in [4.78, 5) is 0. The van der Waals surface area contributed by atoms with E-state index in [9.17, 15) is 21.6 Å². The average molecular weight is 338 g/mol. The maximum atomic E-state index is 12.1. The molecule has 22 heavy (non-hydrogen) atoms. The minimum Gasteiger partial charge on any atom is -0.377 e. The van der Waals surface area contributed by atoms with Crippen molar-refractivity contribution in [3.05, 3.63) is 35.4 Å². The molecule has 0 aromatic heterocycles. The SMILES string of the molecule is CCC(C)c1ccc(COCCCS(=O)(=O)C(F)(F)F)cc1. The van der Waals surface area contributed by atoms with Gasteiger partial charge in [0.15, 0.2) is 0 Å². The van der Waals surface area contributed by atoms with Gasteiger partial charge in [-0.15, -0.1) is 0 Å². The van der Waals surface area contributed by atoms with Crippen LogP contribution in [0, 0.1) is 0 Å². The molecule has 0 fully saturated rings. The van der Waals surface area contributed by atoms with Gasteiger partial charge in [-0.2, -0.15) is 13.2 Å². The van der Waals surface area contributed by atoms with Gasteiger partial charge in [-0.25, -0.2) is 8.42 Å².